The van der Waals surface area contributed by atoms with Gasteiger partial charge in [-0.05, 0) is 47.2 Å². The summed E-state index contributed by atoms with van der Waals surface area (Å²) in [5.41, 5.74) is 3.21. The Bertz CT molecular complexity index is 1150. The van der Waals surface area contributed by atoms with Gasteiger partial charge in [0.2, 0.25) is 0 Å². The average Bonchev–Trinajstić information content (AvgIpc) is 2.86. The molecule has 0 bridgehead atoms. The predicted molar refractivity (Wildman–Crippen MR) is 132 cm³/mol. The van der Waals surface area contributed by atoms with Gasteiger partial charge in [-0.2, -0.15) is 0 Å². The van der Waals surface area contributed by atoms with Crippen LogP contribution in [0.2, 0.25) is 0 Å². The number of hydrogen-bond acceptors (Lipinski definition) is 2. The molecule has 6 heteroatoms. The van der Waals surface area contributed by atoms with Crippen LogP contribution in [0.25, 0.3) is 22.3 Å². The molecule has 34 heavy (non-hydrogen) atoms. The van der Waals surface area contributed by atoms with Gasteiger partial charge in [-0.3, -0.25) is 0 Å². The summed E-state index contributed by atoms with van der Waals surface area (Å²) in [4.78, 5) is 0. The van der Waals surface area contributed by atoms with E-state index in [1.807, 2.05) is 19.1 Å². The van der Waals surface area contributed by atoms with Crippen LogP contribution in [-0.2, 0) is 15.8 Å². The van der Waals surface area contributed by atoms with Gasteiger partial charge in [0, 0.05) is 17.9 Å². The number of ether oxygens (including phenoxy) is 2. The lowest BCUT2D eigenvalue weighted by Crippen LogP contribution is -2.31. The lowest BCUT2D eigenvalue weighted by atomic mass is 9.93. The van der Waals surface area contributed by atoms with E-state index in [2.05, 4.69) is 6.08 Å². The minimum absolute atomic E-state index is 0.154. The van der Waals surface area contributed by atoms with Gasteiger partial charge >= 0.3 is 0 Å². The Morgan fingerprint density at radius 2 is 1.56 bits per heavy atom. The molecule has 3 aromatic carbocycles. The lowest BCUT2D eigenvalue weighted by Gasteiger charge is -2.29. The third kappa shape index (κ3) is 5.29. The van der Waals surface area contributed by atoms with Gasteiger partial charge in [0.05, 0.1) is 13.2 Å². The van der Waals surface area contributed by atoms with Crippen molar-refractivity contribution in [3.63, 3.8) is 0 Å². The summed E-state index contributed by atoms with van der Waals surface area (Å²) in [6.45, 7) is 2.82. The fourth-order valence-corrected chi connectivity index (χ4v) is 4.25. The maximum absolute atomic E-state index is 15.0. The highest BCUT2D eigenvalue weighted by Crippen LogP contribution is 2.32. The molecule has 0 N–H and O–H groups in total. The molecule has 0 unspecified atom stereocenters. The highest BCUT2D eigenvalue weighted by atomic mass is 19.2. The zero-order valence-corrected chi connectivity index (χ0v) is 19.5. The van der Waals surface area contributed by atoms with E-state index >= 15 is 0 Å². The van der Waals surface area contributed by atoms with Gasteiger partial charge in [0.1, 0.15) is 13.7 Å². The van der Waals surface area contributed by atoms with E-state index in [-0.39, 0.29) is 23.6 Å². The Morgan fingerprint density at radius 3 is 2.21 bits per heavy atom. The second kappa shape index (κ2) is 11.1. The van der Waals surface area contributed by atoms with Crippen molar-refractivity contribution in [3.05, 3.63) is 95.3 Å². The highest BCUT2D eigenvalue weighted by Gasteiger charge is 2.25. The predicted octanol–water partition coefficient (Wildman–Crippen LogP) is 6.38. The lowest BCUT2D eigenvalue weighted by molar-refractivity contribution is -0.189. The van der Waals surface area contributed by atoms with E-state index in [1.54, 1.807) is 50.3 Å². The minimum Gasteiger partial charge on any atom is -0.352 e. The summed E-state index contributed by atoms with van der Waals surface area (Å²) in [5, 5.41) is 0. The van der Waals surface area contributed by atoms with Gasteiger partial charge in [-0.1, -0.05) is 67.0 Å². The van der Waals surface area contributed by atoms with Crippen molar-refractivity contribution in [1.82, 2.24) is 0 Å². The first-order valence-corrected chi connectivity index (χ1v) is 11.7. The molecule has 0 aliphatic carbocycles. The van der Waals surface area contributed by atoms with Crippen LogP contribution in [-0.4, -0.2) is 27.4 Å². The van der Waals surface area contributed by atoms with E-state index < -0.39 is 11.6 Å². The summed E-state index contributed by atoms with van der Waals surface area (Å²) in [5.74, 6) is -2.11. The summed E-state index contributed by atoms with van der Waals surface area (Å²) in [7, 11) is 1.79. The van der Waals surface area contributed by atoms with Crippen LogP contribution in [0, 0.1) is 17.5 Å². The molecular formula is C28H28BF3O2. The average molecular weight is 464 g/mol. The maximum atomic E-state index is 15.0. The Morgan fingerprint density at radius 1 is 0.882 bits per heavy atom. The zero-order valence-electron chi connectivity index (χ0n) is 19.5. The van der Waals surface area contributed by atoms with Crippen LogP contribution >= 0.6 is 0 Å². The summed E-state index contributed by atoms with van der Waals surface area (Å²) < 4.78 is 55.2. The van der Waals surface area contributed by atoms with E-state index in [0.717, 1.165) is 18.4 Å². The third-order valence-corrected chi connectivity index (χ3v) is 6.28. The smallest absolute Gasteiger partial charge is 0.166 e. The Kier molecular flexibility index (Phi) is 7.91. The first-order chi connectivity index (χ1) is 16.5. The van der Waals surface area contributed by atoms with Crippen molar-refractivity contribution in [1.29, 1.82) is 0 Å². The number of rotatable bonds is 7. The molecule has 1 aliphatic heterocycles. The van der Waals surface area contributed by atoms with Crippen LogP contribution in [0.15, 0.2) is 66.7 Å². The van der Waals surface area contributed by atoms with Gasteiger partial charge in [0.15, 0.2) is 17.9 Å². The molecule has 0 atom stereocenters. The normalized spacial score (nSPS) is 18.5. The van der Waals surface area contributed by atoms with Crippen LogP contribution in [0.1, 0.15) is 36.8 Å². The molecule has 3 aromatic rings. The molecule has 0 aromatic heterocycles. The SMILES string of the molecule is BCc1ccc(-c2ccc(-c3ccc(C4COC(CC/C=C/C)OC4)c(F)c3)cc2)c(F)c1F. The van der Waals surface area contributed by atoms with Crippen molar-refractivity contribution < 1.29 is 22.6 Å². The first kappa shape index (κ1) is 24.3. The first-order valence-electron chi connectivity index (χ1n) is 11.7. The largest absolute Gasteiger partial charge is 0.352 e. The van der Waals surface area contributed by atoms with E-state index in [9.17, 15) is 13.2 Å². The van der Waals surface area contributed by atoms with Crippen LogP contribution in [0.4, 0.5) is 13.2 Å². The fraction of sp³-hybridized carbons (Fsp3) is 0.286. The molecule has 0 radical (unpaired) electrons. The second-order valence-electron chi connectivity index (χ2n) is 8.51. The van der Waals surface area contributed by atoms with E-state index in [4.69, 9.17) is 9.47 Å². The van der Waals surface area contributed by atoms with Crippen molar-refractivity contribution in [2.45, 2.75) is 38.3 Å². The number of benzene rings is 3. The van der Waals surface area contributed by atoms with E-state index in [1.165, 1.54) is 6.07 Å². The molecule has 2 nitrogen and oxygen atoms in total. The standard InChI is InChI=1S/C28H28BF3O2/c1-2-3-4-5-26-33-16-22(17-34-26)23-12-10-20(14-25(23)30)18-6-8-19(9-7-18)24-13-11-21(15-29)27(31)28(24)32/h2-3,6-14,22,26H,4-5,15-17,29H2,1H3/b3-2+. The maximum Gasteiger partial charge on any atom is 0.166 e. The van der Waals surface area contributed by atoms with Crippen molar-refractivity contribution >= 4 is 7.85 Å². The van der Waals surface area contributed by atoms with Gasteiger partial charge in [0.25, 0.3) is 0 Å². The Hall–Kier alpha value is -2.83. The van der Waals surface area contributed by atoms with Crippen LogP contribution < -0.4 is 0 Å². The molecule has 0 amide bonds. The quantitative estimate of drug-likeness (QED) is 0.298. The molecule has 0 saturated carbocycles. The Labute approximate surface area is 199 Å². The summed E-state index contributed by atoms with van der Waals surface area (Å²) in [6.07, 6.45) is 5.93. The highest BCUT2D eigenvalue weighted by molar-refractivity contribution is 6.08. The Balaban J connectivity index is 1.46. The number of halogens is 3. The third-order valence-electron chi connectivity index (χ3n) is 6.28. The van der Waals surface area contributed by atoms with E-state index in [0.29, 0.717) is 41.8 Å². The molecule has 176 valence electrons. The van der Waals surface area contributed by atoms with Gasteiger partial charge < -0.3 is 9.47 Å². The number of hydrogen-bond donors (Lipinski definition) is 0. The van der Waals surface area contributed by atoms with Crippen molar-refractivity contribution in [3.8, 4) is 22.3 Å². The second-order valence-corrected chi connectivity index (χ2v) is 8.51. The van der Waals surface area contributed by atoms with Gasteiger partial charge in [-0.25, -0.2) is 13.2 Å². The molecule has 0 spiro atoms. The fourth-order valence-electron chi connectivity index (χ4n) is 4.25. The van der Waals surface area contributed by atoms with Crippen LogP contribution in [0.5, 0.6) is 0 Å². The molecule has 1 aliphatic rings. The summed E-state index contributed by atoms with van der Waals surface area (Å²) >= 11 is 0. The topological polar surface area (TPSA) is 18.5 Å². The summed E-state index contributed by atoms with van der Waals surface area (Å²) in [6, 6.07) is 15.4. The van der Waals surface area contributed by atoms with Crippen LogP contribution in [0.3, 0.4) is 0 Å². The minimum atomic E-state index is -0.844. The molecule has 1 fully saturated rings. The van der Waals surface area contributed by atoms with Crippen molar-refractivity contribution in [2.24, 2.45) is 0 Å². The molecule has 1 saturated heterocycles. The molecule has 4 rings (SSSR count). The molecule has 1 heterocycles. The molecular weight excluding hydrogens is 436 g/mol. The number of allylic oxidation sites excluding steroid dienone is 2. The van der Waals surface area contributed by atoms with Crippen molar-refractivity contribution in [2.75, 3.05) is 13.2 Å². The zero-order chi connectivity index (χ0) is 24.1. The monoisotopic (exact) mass is 464 g/mol. The van der Waals surface area contributed by atoms with Gasteiger partial charge in [-0.15, -0.1) is 0 Å².